The summed E-state index contributed by atoms with van der Waals surface area (Å²) < 4.78 is 0. The number of nitrogens with one attached hydrogen (secondary N) is 2. The van der Waals surface area contributed by atoms with E-state index in [0.29, 0.717) is 18.0 Å². The number of aromatic nitrogens is 2. The molecule has 0 fully saturated rings. The molecule has 5 heteroatoms. The molecule has 1 amide bonds. The number of carbonyl (C=O) groups is 1. The zero-order valence-electron chi connectivity index (χ0n) is 9.82. The molecule has 4 nitrogen and oxygen atoms in total. The fourth-order valence-corrected chi connectivity index (χ4v) is 1.74. The molecule has 0 aliphatic rings. The molecule has 2 N–H and O–H groups in total. The minimum absolute atomic E-state index is 0.0110. The molecule has 94 valence electrons. The van der Waals surface area contributed by atoms with Gasteiger partial charge in [-0.2, -0.15) is 5.10 Å². The highest BCUT2D eigenvalue weighted by Gasteiger charge is 2.03. The molecule has 2 aromatic rings. The molecule has 2 rings (SSSR count). The normalized spacial score (nSPS) is 10.3. The summed E-state index contributed by atoms with van der Waals surface area (Å²) in [5.74, 6) is 0.0110. The van der Waals surface area contributed by atoms with Gasteiger partial charge in [0.25, 0.3) is 0 Å². The van der Waals surface area contributed by atoms with Crippen LogP contribution in [0.4, 0.5) is 0 Å². The highest BCUT2D eigenvalue weighted by molar-refractivity contribution is 6.30. The monoisotopic (exact) mass is 263 g/mol. The van der Waals surface area contributed by atoms with Crippen molar-refractivity contribution in [2.75, 3.05) is 6.54 Å². The molecule has 0 unspecified atom stereocenters. The van der Waals surface area contributed by atoms with Gasteiger partial charge in [-0.3, -0.25) is 9.89 Å². The van der Waals surface area contributed by atoms with Crippen molar-refractivity contribution in [1.29, 1.82) is 0 Å². The number of amides is 1. The van der Waals surface area contributed by atoms with Gasteiger partial charge in [-0.25, -0.2) is 0 Å². The number of hydrogen-bond acceptors (Lipinski definition) is 2. The summed E-state index contributed by atoms with van der Waals surface area (Å²) in [6.07, 6.45) is 2.83. The molecule has 18 heavy (non-hydrogen) atoms. The fourth-order valence-electron chi connectivity index (χ4n) is 1.61. The summed E-state index contributed by atoms with van der Waals surface area (Å²) >= 11 is 5.78. The van der Waals surface area contributed by atoms with E-state index in [2.05, 4.69) is 15.5 Å². The SMILES string of the molecule is O=C(Cc1ccc(Cl)cc1)NCCc1ccn[nH]1. The highest BCUT2D eigenvalue weighted by Crippen LogP contribution is 2.09. The summed E-state index contributed by atoms with van der Waals surface area (Å²) in [5, 5.41) is 10.2. The van der Waals surface area contributed by atoms with Gasteiger partial charge in [0.2, 0.25) is 5.91 Å². The first-order chi connectivity index (χ1) is 8.74. The van der Waals surface area contributed by atoms with Crippen molar-refractivity contribution in [3.05, 3.63) is 52.8 Å². The maximum Gasteiger partial charge on any atom is 0.224 e. The van der Waals surface area contributed by atoms with E-state index in [0.717, 1.165) is 17.7 Å². The van der Waals surface area contributed by atoms with E-state index in [1.165, 1.54) is 0 Å². The fraction of sp³-hybridized carbons (Fsp3) is 0.231. The zero-order chi connectivity index (χ0) is 12.8. The number of benzene rings is 1. The largest absolute Gasteiger partial charge is 0.355 e. The molecule has 0 spiro atoms. The lowest BCUT2D eigenvalue weighted by atomic mass is 10.1. The van der Waals surface area contributed by atoms with E-state index in [9.17, 15) is 4.79 Å². The van der Waals surface area contributed by atoms with E-state index in [4.69, 9.17) is 11.6 Å². The van der Waals surface area contributed by atoms with E-state index in [-0.39, 0.29) is 5.91 Å². The third-order valence-corrected chi connectivity index (χ3v) is 2.80. The summed E-state index contributed by atoms with van der Waals surface area (Å²) in [7, 11) is 0. The number of carbonyl (C=O) groups excluding carboxylic acids is 1. The van der Waals surface area contributed by atoms with Crippen LogP contribution in [0.2, 0.25) is 5.02 Å². The van der Waals surface area contributed by atoms with Crippen LogP contribution in [0.25, 0.3) is 0 Å². The molecule has 0 radical (unpaired) electrons. The first kappa shape index (κ1) is 12.6. The van der Waals surface area contributed by atoms with Crippen LogP contribution in [0.15, 0.2) is 36.5 Å². The molecular weight excluding hydrogens is 250 g/mol. The van der Waals surface area contributed by atoms with Crippen LogP contribution in [0.1, 0.15) is 11.3 Å². The van der Waals surface area contributed by atoms with Crippen LogP contribution >= 0.6 is 11.6 Å². The summed E-state index contributed by atoms with van der Waals surface area (Å²) in [5.41, 5.74) is 1.97. The van der Waals surface area contributed by atoms with Crippen molar-refractivity contribution in [3.8, 4) is 0 Å². The lowest BCUT2D eigenvalue weighted by Crippen LogP contribution is -2.27. The number of nitrogens with zero attached hydrogens (tertiary/aromatic N) is 1. The van der Waals surface area contributed by atoms with Gasteiger partial charge in [-0.05, 0) is 23.8 Å². The molecule has 1 aromatic carbocycles. The van der Waals surface area contributed by atoms with Crippen molar-refractivity contribution >= 4 is 17.5 Å². The third kappa shape index (κ3) is 3.89. The molecule has 0 aliphatic heterocycles. The van der Waals surface area contributed by atoms with Crippen LogP contribution in [0.5, 0.6) is 0 Å². The minimum atomic E-state index is 0.0110. The van der Waals surface area contributed by atoms with E-state index < -0.39 is 0 Å². The lowest BCUT2D eigenvalue weighted by molar-refractivity contribution is -0.120. The Morgan fingerprint density at radius 1 is 1.28 bits per heavy atom. The van der Waals surface area contributed by atoms with Crippen molar-refractivity contribution in [3.63, 3.8) is 0 Å². The maximum absolute atomic E-state index is 11.7. The van der Waals surface area contributed by atoms with E-state index in [1.54, 1.807) is 18.3 Å². The quantitative estimate of drug-likeness (QED) is 0.866. The number of aromatic amines is 1. The lowest BCUT2D eigenvalue weighted by Gasteiger charge is -2.04. The Kier molecular flexibility index (Phi) is 4.36. The highest BCUT2D eigenvalue weighted by atomic mass is 35.5. The first-order valence-electron chi connectivity index (χ1n) is 5.73. The van der Waals surface area contributed by atoms with Gasteiger partial charge in [0.05, 0.1) is 6.42 Å². The van der Waals surface area contributed by atoms with Gasteiger partial charge in [0.15, 0.2) is 0 Å². The Hall–Kier alpha value is -1.81. The standard InChI is InChI=1S/C13H14ClN3O/c14-11-3-1-10(2-4-11)9-13(18)15-7-5-12-6-8-16-17-12/h1-4,6,8H,5,7,9H2,(H,15,18)(H,16,17). The van der Waals surface area contributed by atoms with Gasteiger partial charge < -0.3 is 5.32 Å². The topological polar surface area (TPSA) is 57.8 Å². The smallest absolute Gasteiger partial charge is 0.224 e. The van der Waals surface area contributed by atoms with Crippen LogP contribution in [-0.2, 0) is 17.6 Å². The van der Waals surface area contributed by atoms with E-state index in [1.807, 2.05) is 18.2 Å². The van der Waals surface area contributed by atoms with Crippen molar-refractivity contribution in [2.45, 2.75) is 12.8 Å². The minimum Gasteiger partial charge on any atom is -0.355 e. The first-order valence-corrected chi connectivity index (χ1v) is 6.11. The van der Waals surface area contributed by atoms with Gasteiger partial charge >= 0.3 is 0 Å². The molecule has 0 atom stereocenters. The van der Waals surface area contributed by atoms with Gasteiger partial charge in [0, 0.05) is 29.9 Å². The van der Waals surface area contributed by atoms with Crippen molar-refractivity contribution in [2.24, 2.45) is 0 Å². The molecule has 0 aliphatic carbocycles. The third-order valence-electron chi connectivity index (χ3n) is 2.55. The van der Waals surface area contributed by atoms with Gasteiger partial charge in [0.1, 0.15) is 0 Å². The molecule has 0 saturated heterocycles. The Morgan fingerprint density at radius 2 is 2.06 bits per heavy atom. The van der Waals surface area contributed by atoms with E-state index >= 15 is 0 Å². The van der Waals surface area contributed by atoms with Crippen molar-refractivity contribution < 1.29 is 4.79 Å². The second-order valence-corrected chi connectivity index (χ2v) is 4.42. The predicted octanol–water partition coefficient (Wildman–Crippen LogP) is 1.96. The second-order valence-electron chi connectivity index (χ2n) is 3.99. The summed E-state index contributed by atoms with van der Waals surface area (Å²) in [4.78, 5) is 11.7. The Labute approximate surface area is 110 Å². The average molecular weight is 264 g/mol. The predicted molar refractivity (Wildman–Crippen MR) is 70.5 cm³/mol. The molecule has 1 aromatic heterocycles. The van der Waals surface area contributed by atoms with Crippen LogP contribution < -0.4 is 5.32 Å². The average Bonchev–Trinajstić information content (AvgIpc) is 2.85. The van der Waals surface area contributed by atoms with Crippen LogP contribution in [0.3, 0.4) is 0 Å². The molecule has 0 bridgehead atoms. The number of hydrogen-bond donors (Lipinski definition) is 2. The molecule has 1 heterocycles. The zero-order valence-corrected chi connectivity index (χ0v) is 10.6. The maximum atomic E-state index is 11.7. The Bertz CT molecular complexity index is 493. The van der Waals surface area contributed by atoms with Gasteiger partial charge in [-0.15, -0.1) is 0 Å². The number of halogens is 1. The molecular formula is C13H14ClN3O. The Morgan fingerprint density at radius 3 is 2.72 bits per heavy atom. The summed E-state index contributed by atoms with van der Waals surface area (Å²) in [6.45, 7) is 0.606. The van der Waals surface area contributed by atoms with Gasteiger partial charge in [-0.1, -0.05) is 23.7 Å². The number of H-pyrrole nitrogens is 1. The number of rotatable bonds is 5. The van der Waals surface area contributed by atoms with Crippen molar-refractivity contribution in [1.82, 2.24) is 15.5 Å². The van der Waals surface area contributed by atoms with Crippen LogP contribution in [-0.4, -0.2) is 22.6 Å². The second kappa shape index (κ2) is 6.21. The molecule has 0 saturated carbocycles. The summed E-state index contributed by atoms with van der Waals surface area (Å²) in [6, 6.07) is 9.18. The van der Waals surface area contributed by atoms with Crippen LogP contribution in [0, 0.1) is 0 Å². The Balaban J connectivity index is 1.73.